The molecule has 5 atom stereocenters. The molecule has 2 aromatic heterocycles. The largest absolute Gasteiger partial charge is 0.378 e. The van der Waals surface area contributed by atoms with Gasteiger partial charge in [0.15, 0.2) is 5.65 Å². The summed E-state index contributed by atoms with van der Waals surface area (Å²) in [6.07, 6.45) is 2.91. The number of hydrogen-bond acceptors (Lipinski definition) is 6. The average molecular weight is 511 g/mol. The number of halogens is 1. The topological polar surface area (TPSA) is 109 Å². The van der Waals surface area contributed by atoms with Crippen LogP contribution in [0.5, 0.6) is 0 Å². The number of imidazole rings is 1. The van der Waals surface area contributed by atoms with Gasteiger partial charge in [-0.25, -0.2) is 9.97 Å². The second kappa shape index (κ2) is 7.99. The SMILES string of the molecule is C[C@H]1C2C[C@@H]2[C@@H](Nc2c(Br)cnc3nc(-c4ccc(N5CCOCC5)cc4)[nH]c23)[C@H]1C(N)=O. The Morgan fingerprint density at radius 2 is 2.00 bits per heavy atom. The van der Waals surface area contributed by atoms with Gasteiger partial charge in [0.05, 0.1) is 29.3 Å². The van der Waals surface area contributed by atoms with Gasteiger partial charge >= 0.3 is 0 Å². The fourth-order valence-corrected chi connectivity index (χ4v) is 6.19. The number of benzene rings is 1. The Morgan fingerprint density at radius 3 is 2.73 bits per heavy atom. The van der Waals surface area contributed by atoms with Crippen LogP contribution < -0.4 is 16.0 Å². The van der Waals surface area contributed by atoms with Crippen LogP contribution in [0.2, 0.25) is 0 Å². The van der Waals surface area contributed by atoms with Crippen molar-refractivity contribution >= 4 is 44.4 Å². The summed E-state index contributed by atoms with van der Waals surface area (Å²) in [4.78, 5) is 27.2. The van der Waals surface area contributed by atoms with E-state index in [1.165, 1.54) is 5.69 Å². The van der Waals surface area contributed by atoms with Crippen molar-refractivity contribution in [1.82, 2.24) is 15.0 Å². The predicted octanol–water partition coefficient (Wildman–Crippen LogP) is 3.39. The van der Waals surface area contributed by atoms with Crippen LogP contribution in [0.1, 0.15) is 13.3 Å². The number of anilines is 2. The minimum atomic E-state index is -0.223. The van der Waals surface area contributed by atoms with Gasteiger partial charge in [0.2, 0.25) is 5.91 Å². The van der Waals surface area contributed by atoms with Crippen molar-refractivity contribution in [3.63, 3.8) is 0 Å². The Balaban J connectivity index is 1.31. The molecule has 1 unspecified atom stereocenters. The zero-order valence-corrected chi connectivity index (χ0v) is 20.0. The molecule has 0 spiro atoms. The normalized spacial score (nSPS) is 28.7. The van der Waals surface area contributed by atoms with Crippen LogP contribution in [0.3, 0.4) is 0 Å². The number of ether oxygens (including phenoxy) is 1. The summed E-state index contributed by atoms with van der Waals surface area (Å²) in [5.41, 5.74) is 10.3. The fraction of sp³-hybridized carbons (Fsp3) is 0.458. The second-order valence-corrected chi connectivity index (χ2v) is 10.3. The van der Waals surface area contributed by atoms with Gasteiger partial charge < -0.3 is 25.7 Å². The number of carbonyl (C=O) groups is 1. The number of primary amides is 1. The molecule has 3 aromatic rings. The molecule has 9 heteroatoms. The van der Waals surface area contributed by atoms with E-state index in [1.54, 1.807) is 6.20 Å². The Kier molecular flexibility index (Phi) is 5.06. The summed E-state index contributed by atoms with van der Waals surface area (Å²) in [7, 11) is 0. The number of fused-ring (bicyclic) bond motifs is 2. The number of rotatable bonds is 5. The zero-order valence-electron chi connectivity index (χ0n) is 18.4. The van der Waals surface area contributed by atoms with Crippen LogP contribution in [0.25, 0.3) is 22.6 Å². The van der Waals surface area contributed by atoms with Crippen molar-refractivity contribution in [3.8, 4) is 11.4 Å². The van der Waals surface area contributed by atoms with E-state index in [0.717, 1.165) is 59.8 Å². The molecule has 2 aliphatic carbocycles. The Morgan fingerprint density at radius 1 is 1.24 bits per heavy atom. The number of amides is 1. The van der Waals surface area contributed by atoms with Crippen molar-refractivity contribution in [1.29, 1.82) is 0 Å². The molecule has 3 heterocycles. The highest BCUT2D eigenvalue weighted by Crippen LogP contribution is 2.58. The van der Waals surface area contributed by atoms with Crippen LogP contribution >= 0.6 is 15.9 Å². The van der Waals surface area contributed by atoms with E-state index < -0.39 is 0 Å². The predicted molar refractivity (Wildman–Crippen MR) is 131 cm³/mol. The number of aromatic amines is 1. The van der Waals surface area contributed by atoms with Crippen LogP contribution in [0.4, 0.5) is 11.4 Å². The Bertz CT molecular complexity index is 1210. The first-order chi connectivity index (χ1) is 16.0. The van der Waals surface area contributed by atoms with Crippen molar-refractivity contribution in [2.24, 2.45) is 29.4 Å². The van der Waals surface area contributed by atoms with E-state index in [0.29, 0.717) is 23.4 Å². The summed E-state index contributed by atoms with van der Waals surface area (Å²) in [5, 5.41) is 3.64. The molecule has 33 heavy (non-hydrogen) atoms. The van der Waals surface area contributed by atoms with Gasteiger partial charge in [-0.3, -0.25) is 4.79 Å². The molecule has 1 amide bonds. The van der Waals surface area contributed by atoms with Crippen molar-refractivity contribution in [3.05, 3.63) is 34.9 Å². The highest BCUT2D eigenvalue weighted by atomic mass is 79.9. The third-order valence-electron chi connectivity index (χ3n) is 7.61. The maximum Gasteiger partial charge on any atom is 0.222 e. The molecule has 1 aliphatic heterocycles. The van der Waals surface area contributed by atoms with Gasteiger partial charge in [0, 0.05) is 36.6 Å². The number of nitrogens with two attached hydrogens (primary N) is 1. The van der Waals surface area contributed by atoms with Gasteiger partial charge in [-0.15, -0.1) is 0 Å². The molecule has 1 aromatic carbocycles. The van der Waals surface area contributed by atoms with E-state index >= 15 is 0 Å². The van der Waals surface area contributed by atoms with Crippen LogP contribution in [-0.2, 0) is 9.53 Å². The molecule has 1 saturated heterocycles. The number of hydrogen-bond donors (Lipinski definition) is 3. The summed E-state index contributed by atoms with van der Waals surface area (Å²) in [6, 6.07) is 8.45. The van der Waals surface area contributed by atoms with Gasteiger partial charge in [-0.05, 0) is 64.4 Å². The molecule has 2 saturated carbocycles. The first-order valence-corrected chi connectivity index (χ1v) is 12.3. The summed E-state index contributed by atoms with van der Waals surface area (Å²) in [6.45, 7) is 5.49. The van der Waals surface area contributed by atoms with E-state index in [1.807, 2.05) is 0 Å². The van der Waals surface area contributed by atoms with E-state index in [9.17, 15) is 4.79 Å². The zero-order chi connectivity index (χ0) is 22.7. The third-order valence-corrected chi connectivity index (χ3v) is 8.21. The van der Waals surface area contributed by atoms with E-state index in [-0.39, 0.29) is 17.9 Å². The number of nitrogens with zero attached hydrogens (tertiary/aromatic N) is 3. The van der Waals surface area contributed by atoms with Gasteiger partial charge in [0.25, 0.3) is 0 Å². The monoisotopic (exact) mass is 510 g/mol. The number of aromatic nitrogens is 3. The lowest BCUT2D eigenvalue weighted by Gasteiger charge is -2.28. The van der Waals surface area contributed by atoms with Crippen molar-refractivity contribution < 1.29 is 9.53 Å². The maximum atomic E-state index is 12.2. The van der Waals surface area contributed by atoms with Crippen molar-refractivity contribution in [2.75, 3.05) is 36.5 Å². The molecule has 6 rings (SSSR count). The van der Waals surface area contributed by atoms with Gasteiger partial charge in [-0.1, -0.05) is 6.92 Å². The van der Waals surface area contributed by atoms with Crippen LogP contribution in [0, 0.1) is 23.7 Å². The average Bonchev–Trinajstić information content (AvgIpc) is 3.43. The number of morpholine rings is 1. The minimum Gasteiger partial charge on any atom is -0.378 e. The molecular formula is C24H27BrN6O2. The summed E-state index contributed by atoms with van der Waals surface area (Å²) >= 11 is 3.64. The van der Waals surface area contributed by atoms with Crippen molar-refractivity contribution in [2.45, 2.75) is 19.4 Å². The molecule has 172 valence electrons. The molecule has 3 aliphatic rings. The summed E-state index contributed by atoms with van der Waals surface area (Å²) in [5.74, 6) is 1.76. The van der Waals surface area contributed by atoms with E-state index in [2.05, 4.69) is 67.3 Å². The highest BCUT2D eigenvalue weighted by molar-refractivity contribution is 9.10. The van der Waals surface area contributed by atoms with E-state index in [4.69, 9.17) is 15.5 Å². The molecule has 0 radical (unpaired) electrons. The number of pyridine rings is 1. The molecular weight excluding hydrogens is 484 g/mol. The minimum absolute atomic E-state index is 0.0314. The molecule has 3 fully saturated rings. The fourth-order valence-electron chi connectivity index (χ4n) is 5.78. The molecule has 8 nitrogen and oxygen atoms in total. The number of nitrogens with one attached hydrogen (secondary N) is 2. The van der Waals surface area contributed by atoms with Gasteiger partial charge in [0.1, 0.15) is 11.3 Å². The second-order valence-electron chi connectivity index (χ2n) is 9.43. The standard InChI is InChI=1S/C24H27BrN6O2/c1-12-15-10-16(15)19(18(12)22(26)32)28-20-17(25)11-27-24-21(20)29-23(30-24)13-2-4-14(5-3-13)31-6-8-33-9-7-31/h2-5,11-12,15-16,18-19H,6-10H2,1H3,(H2,26,32)(H2,27,28,29,30)/t12-,15?,16-,18-,19+/m0/s1. The molecule has 4 N–H and O–H groups in total. The first kappa shape index (κ1) is 20.9. The Hall–Kier alpha value is -2.65. The number of carbonyl (C=O) groups excluding carboxylic acids is 1. The smallest absolute Gasteiger partial charge is 0.222 e. The lowest BCUT2D eigenvalue weighted by atomic mass is 9.89. The number of H-pyrrole nitrogens is 1. The third kappa shape index (κ3) is 3.58. The Labute approximate surface area is 200 Å². The summed E-state index contributed by atoms with van der Waals surface area (Å²) < 4.78 is 6.29. The van der Waals surface area contributed by atoms with Gasteiger partial charge in [-0.2, -0.15) is 0 Å². The molecule has 0 bridgehead atoms. The quantitative estimate of drug-likeness (QED) is 0.485. The lowest BCUT2D eigenvalue weighted by Crippen LogP contribution is -2.40. The highest BCUT2D eigenvalue weighted by Gasteiger charge is 2.59. The van der Waals surface area contributed by atoms with Crippen LogP contribution in [-0.4, -0.2) is 53.2 Å². The van der Waals surface area contributed by atoms with Crippen LogP contribution in [0.15, 0.2) is 34.9 Å². The first-order valence-electron chi connectivity index (χ1n) is 11.5. The maximum absolute atomic E-state index is 12.2. The lowest BCUT2D eigenvalue weighted by molar-refractivity contribution is -0.123.